The van der Waals surface area contributed by atoms with Crippen LogP contribution in [-0.4, -0.2) is 74.6 Å². The summed E-state index contributed by atoms with van der Waals surface area (Å²) in [7, 11) is 0. The van der Waals surface area contributed by atoms with Gasteiger partial charge in [0, 0.05) is 45.0 Å². The van der Waals surface area contributed by atoms with Gasteiger partial charge in [0.15, 0.2) is 5.96 Å². The minimum absolute atomic E-state index is 0.336. The highest BCUT2D eigenvalue weighted by Gasteiger charge is 2.20. The number of anilines is 1. The number of ether oxygens (including phenoxy) is 1. The quantitative estimate of drug-likeness (QED) is 0.538. The van der Waals surface area contributed by atoms with Crippen molar-refractivity contribution in [1.82, 2.24) is 10.2 Å². The highest BCUT2D eigenvalue weighted by molar-refractivity contribution is 5.80. The standard InChI is InChI=1S/C21H36N4O2/c1-5-22-21(23-14-20(26)16-27-15-17(2)3)25-11-9-24(10-12-25)19-8-6-7-18(4)13-19/h6-8,13,17,20,26H,5,9-12,14-16H2,1-4H3,(H,22,23). The van der Waals surface area contributed by atoms with Gasteiger partial charge in [0.2, 0.25) is 0 Å². The van der Waals surface area contributed by atoms with E-state index in [2.05, 4.69) is 72.1 Å². The Balaban J connectivity index is 1.86. The van der Waals surface area contributed by atoms with Crippen LogP contribution in [0.5, 0.6) is 0 Å². The lowest BCUT2D eigenvalue weighted by Crippen LogP contribution is -2.52. The summed E-state index contributed by atoms with van der Waals surface area (Å²) in [5.41, 5.74) is 2.58. The molecule has 1 saturated heterocycles. The van der Waals surface area contributed by atoms with Gasteiger partial charge in [-0.15, -0.1) is 0 Å². The molecule has 2 rings (SSSR count). The average molecular weight is 377 g/mol. The third-order valence-corrected chi connectivity index (χ3v) is 4.49. The largest absolute Gasteiger partial charge is 0.389 e. The zero-order chi connectivity index (χ0) is 19.6. The zero-order valence-corrected chi connectivity index (χ0v) is 17.3. The Morgan fingerprint density at radius 1 is 1.22 bits per heavy atom. The Morgan fingerprint density at radius 2 is 1.96 bits per heavy atom. The van der Waals surface area contributed by atoms with Crippen LogP contribution in [0.1, 0.15) is 26.3 Å². The summed E-state index contributed by atoms with van der Waals surface area (Å²) in [6.07, 6.45) is -0.564. The predicted molar refractivity (Wildman–Crippen MR) is 113 cm³/mol. The number of aliphatic hydroxyl groups is 1. The molecule has 1 atom stereocenters. The molecule has 1 aliphatic heterocycles. The third-order valence-electron chi connectivity index (χ3n) is 4.49. The summed E-state index contributed by atoms with van der Waals surface area (Å²) in [6, 6.07) is 8.66. The molecular formula is C21H36N4O2. The van der Waals surface area contributed by atoms with Crippen LogP contribution < -0.4 is 10.2 Å². The normalized spacial score (nSPS) is 16.7. The van der Waals surface area contributed by atoms with Gasteiger partial charge in [-0.1, -0.05) is 26.0 Å². The second-order valence-corrected chi connectivity index (χ2v) is 7.59. The van der Waals surface area contributed by atoms with Crippen LogP contribution >= 0.6 is 0 Å². The molecule has 0 radical (unpaired) electrons. The van der Waals surface area contributed by atoms with E-state index >= 15 is 0 Å². The number of hydrogen-bond donors (Lipinski definition) is 2. The summed E-state index contributed by atoms with van der Waals surface area (Å²) in [5, 5.41) is 13.5. The van der Waals surface area contributed by atoms with Crippen LogP contribution in [-0.2, 0) is 4.74 Å². The Labute approximate surface area is 164 Å². The first-order chi connectivity index (χ1) is 13.0. The molecule has 0 saturated carbocycles. The molecule has 2 N–H and O–H groups in total. The molecule has 6 nitrogen and oxygen atoms in total. The maximum Gasteiger partial charge on any atom is 0.194 e. The Bertz CT molecular complexity index is 583. The summed E-state index contributed by atoms with van der Waals surface area (Å²) >= 11 is 0. The maximum absolute atomic E-state index is 10.1. The highest BCUT2D eigenvalue weighted by Crippen LogP contribution is 2.17. The SMILES string of the molecule is CCNC(=NCC(O)COCC(C)C)N1CCN(c2cccc(C)c2)CC1. The molecule has 0 spiro atoms. The molecule has 1 unspecified atom stereocenters. The van der Waals surface area contributed by atoms with Crippen LogP contribution in [0.3, 0.4) is 0 Å². The number of rotatable bonds is 8. The third kappa shape index (κ3) is 7.39. The highest BCUT2D eigenvalue weighted by atomic mass is 16.5. The van der Waals surface area contributed by atoms with Crippen molar-refractivity contribution in [3.05, 3.63) is 29.8 Å². The number of aliphatic hydroxyl groups excluding tert-OH is 1. The topological polar surface area (TPSA) is 60.3 Å². The number of aliphatic imine (C=N–C) groups is 1. The first-order valence-corrected chi connectivity index (χ1v) is 10.1. The number of piperazine rings is 1. The monoisotopic (exact) mass is 376 g/mol. The smallest absolute Gasteiger partial charge is 0.194 e. The van der Waals surface area contributed by atoms with Crippen molar-refractivity contribution in [3.8, 4) is 0 Å². The second-order valence-electron chi connectivity index (χ2n) is 7.59. The first-order valence-electron chi connectivity index (χ1n) is 10.1. The van der Waals surface area contributed by atoms with Gasteiger partial charge < -0.3 is 25.0 Å². The minimum atomic E-state index is -0.564. The Kier molecular flexibility index (Phi) is 8.88. The van der Waals surface area contributed by atoms with E-state index in [-0.39, 0.29) is 0 Å². The molecule has 152 valence electrons. The van der Waals surface area contributed by atoms with Crippen molar-refractivity contribution in [2.45, 2.75) is 33.8 Å². The Hall–Kier alpha value is -1.79. The second kappa shape index (κ2) is 11.1. The van der Waals surface area contributed by atoms with E-state index in [1.165, 1.54) is 11.3 Å². The number of guanidine groups is 1. The van der Waals surface area contributed by atoms with E-state index in [1.54, 1.807) is 0 Å². The molecule has 0 bridgehead atoms. The number of benzene rings is 1. The lowest BCUT2D eigenvalue weighted by atomic mass is 10.2. The van der Waals surface area contributed by atoms with E-state index in [1.807, 2.05) is 0 Å². The van der Waals surface area contributed by atoms with Gasteiger partial charge in [0.1, 0.15) is 0 Å². The predicted octanol–water partition coefficient (Wildman–Crippen LogP) is 2.12. The van der Waals surface area contributed by atoms with Crippen LogP contribution in [0.4, 0.5) is 5.69 Å². The molecule has 1 aliphatic rings. The van der Waals surface area contributed by atoms with Crippen LogP contribution in [0.15, 0.2) is 29.3 Å². The van der Waals surface area contributed by atoms with Crippen molar-refractivity contribution in [3.63, 3.8) is 0 Å². The number of hydrogen-bond acceptors (Lipinski definition) is 4. The van der Waals surface area contributed by atoms with Crippen molar-refractivity contribution >= 4 is 11.6 Å². The van der Waals surface area contributed by atoms with Gasteiger partial charge in [-0.05, 0) is 37.5 Å². The van der Waals surface area contributed by atoms with E-state index in [0.717, 1.165) is 38.7 Å². The molecule has 0 aromatic heterocycles. The van der Waals surface area contributed by atoms with E-state index in [0.29, 0.717) is 25.7 Å². The fraction of sp³-hybridized carbons (Fsp3) is 0.667. The maximum atomic E-state index is 10.1. The van der Waals surface area contributed by atoms with Crippen molar-refractivity contribution in [2.75, 3.05) is 57.4 Å². The number of aryl methyl sites for hydroxylation is 1. The lowest BCUT2D eigenvalue weighted by Gasteiger charge is -2.38. The lowest BCUT2D eigenvalue weighted by molar-refractivity contribution is 0.0300. The molecular weight excluding hydrogens is 340 g/mol. The van der Waals surface area contributed by atoms with Crippen LogP contribution in [0.25, 0.3) is 0 Å². The van der Waals surface area contributed by atoms with Crippen molar-refractivity contribution < 1.29 is 9.84 Å². The van der Waals surface area contributed by atoms with Crippen molar-refractivity contribution in [1.29, 1.82) is 0 Å². The van der Waals surface area contributed by atoms with Crippen molar-refractivity contribution in [2.24, 2.45) is 10.9 Å². The molecule has 1 fully saturated rings. The molecule has 0 amide bonds. The van der Waals surface area contributed by atoms with Gasteiger partial charge in [0.05, 0.1) is 19.3 Å². The number of nitrogens with zero attached hydrogens (tertiary/aromatic N) is 3. The molecule has 1 aromatic carbocycles. The number of nitrogens with one attached hydrogen (secondary N) is 1. The molecule has 27 heavy (non-hydrogen) atoms. The summed E-state index contributed by atoms with van der Waals surface area (Å²) in [5.74, 6) is 1.35. The Morgan fingerprint density at radius 3 is 2.59 bits per heavy atom. The van der Waals surface area contributed by atoms with E-state index in [4.69, 9.17) is 4.74 Å². The van der Waals surface area contributed by atoms with Crippen LogP contribution in [0, 0.1) is 12.8 Å². The van der Waals surface area contributed by atoms with Gasteiger partial charge in [-0.25, -0.2) is 0 Å². The first kappa shape index (κ1) is 21.5. The average Bonchev–Trinajstić information content (AvgIpc) is 2.65. The fourth-order valence-corrected chi connectivity index (χ4v) is 3.11. The van der Waals surface area contributed by atoms with Gasteiger partial charge in [0.25, 0.3) is 0 Å². The van der Waals surface area contributed by atoms with E-state index < -0.39 is 6.10 Å². The minimum Gasteiger partial charge on any atom is -0.389 e. The summed E-state index contributed by atoms with van der Waals surface area (Å²) in [4.78, 5) is 9.32. The fourth-order valence-electron chi connectivity index (χ4n) is 3.11. The molecule has 6 heteroatoms. The van der Waals surface area contributed by atoms with Crippen LogP contribution in [0.2, 0.25) is 0 Å². The van der Waals surface area contributed by atoms with Gasteiger partial charge >= 0.3 is 0 Å². The molecule has 1 heterocycles. The summed E-state index contributed by atoms with van der Waals surface area (Å²) in [6.45, 7) is 14.3. The summed E-state index contributed by atoms with van der Waals surface area (Å²) < 4.78 is 5.51. The van der Waals surface area contributed by atoms with E-state index in [9.17, 15) is 5.11 Å². The molecule has 0 aliphatic carbocycles. The molecule has 1 aromatic rings. The zero-order valence-electron chi connectivity index (χ0n) is 17.3. The van der Waals surface area contributed by atoms with Gasteiger partial charge in [-0.2, -0.15) is 0 Å². The van der Waals surface area contributed by atoms with Gasteiger partial charge in [-0.3, -0.25) is 4.99 Å².